The molecule has 0 saturated carbocycles. The van der Waals surface area contributed by atoms with Crippen LogP contribution in [0.25, 0.3) is 27.7 Å². The molecule has 2 aromatic heterocycles. The molecular weight excluding hydrogens is 597 g/mol. The molecule has 2 aliphatic rings. The van der Waals surface area contributed by atoms with Gasteiger partial charge in [-0.3, -0.25) is 4.98 Å². The highest BCUT2D eigenvalue weighted by Gasteiger charge is 2.42. The maximum Gasteiger partial charge on any atom is 0.263 e. The molecule has 1 fully saturated rings. The number of anilines is 1. The summed E-state index contributed by atoms with van der Waals surface area (Å²) in [4.78, 5) is 8.85. The lowest BCUT2D eigenvalue weighted by Gasteiger charge is -2.35. The van der Waals surface area contributed by atoms with Crippen LogP contribution in [0.5, 0.6) is 11.5 Å². The van der Waals surface area contributed by atoms with Crippen LogP contribution >= 0.6 is 0 Å². The molecule has 0 spiro atoms. The molecule has 2 aromatic carbocycles. The van der Waals surface area contributed by atoms with Crippen molar-refractivity contribution >= 4 is 32.2 Å². The summed E-state index contributed by atoms with van der Waals surface area (Å²) in [6.07, 6.45) is 8.75. The van der Waals surface area contributed by atoms with Gasteiger partial charge in [-0.25, -0.2) is 12.8 Å². The van der Waals surface area contributed by atoms with Crippen molar-refractivity contribution in [2.45, 2.75) is 24.5 Å². The normalized spacial score (nSPS) is 19.2. The molecule has 1 aliphatic carbocycles. The lowest BCUT2D eigenvalue weighted by atomic mass is 9.90. The summed E-state index contributed by atoms with van der Waals surface area (Å²) in [6.45, 7) is 5.66. The van der Waals surface area contributed by atoms with Crippen molar-refractivity contribution in [1.29, 1.82) is 0 Å². The summed E-state index contributed by atoms with van der Waals surface area (Å²) in [5, 5.41) is 24.2. The van der Waals surface area contributed by atoms with Gasteiger partial charge in [0.2, 0.25) is 0 Å². The smallest absolute Gasteiger partial charge is 0.263 e. The molecule has 1 unspecified atom stereocenters. The number of allylic oxidation sites excluding steroid dienone is 3. The predicted molar refractivity (Wildman–Crippen MR) is 172 cm³/mol. The van der Waals surface area contributed by atoms with Gasteiger partial charge in [0.15, 0.2) is 0 Å². The van der Waals surface area contributed by atoms with Crippen LogP contribution < -0.4 is 9.64 Å². The molecule has 45 heavy (non-hydrogen) atoms. The van der Waals surface area contributed by atoms with Crippen LogP contribution in [0.4, 0.5) is 10.1 Å². The van der Waals surface area contributed by atoms with Crippen LogP contribution in [-0.4, -0.2) is 88.9 Å². The fourth-order valence-corrected chi connectivity index (χ4v) is 7.39. The molecule has 12 heteroatoms. The van der Waals surface area contributed by atoms with Crippen molar-refractivity contribution in [3.8, 4) is 22.8 Å². The fraction of sp³-hybridized carbons (Fsp3) is 0.333. The maximum atomic E-state index is 14.5. The second-order valence-corrected chi connectivity index (χ2v) is 13.9. The highest BCUT2D eigenvalue weighted by Crippen LogP contribution is 2.40. The zero-order valence-corrected chi connectivity index (χ0v) is 26.0. The number of piperazine rings is 1. The molecule has 0 radical (unpaired) electrons. The number of rotatable bonds is 9. The number of benzene rings is 2. The third-order valence-corrected chi connectivity index (χ3v) is 10.7. The van der Waals surface area contributed by atoms with Crippen molar-refractivity contribution in [3.05, 3.63) is 84.5 Å². The molecular formula is C33H36FN5O5S. The zero-order chi connectivity index (χ0) is 31.8. The van der Waals surface area contributed by atoms with Crippen molar-refractivity contribution in [2.75, 3.05) is 51.3 Å². The summed E-state index contributed by atoms with van der Waals surface area (Å²) < 4.78 is 48.6. The molecule has 0 bridgehead atoms. The average molecular weight is 634 g/mol. The van der Waals surface area contributed by atoms with E-state index in [2.05, 4.69) is 26.9 Å². The van der Waals surface area contributed by atoms with Crippen molar-refractivity contribution in [2.24, 2.45) is 0 Å². The summed E-state index contributed by atoms with van der Waals surface area (Å²) in [7, 11) is -1.99. The van der Waals surface area contributed by atoms with Crippen LogP contribution in [0.3, 0.4) is 0 Å². The van der Waals surface area contributed by atoms with E-state index in [4.69, 9.17) is 4.74 Å². The highest BCUT2D eigenvalue weighted by molar-refractivity contribution is 7.91. The van der Waals surface area contributed by atoms with Crippen LogP contribution in [0, 0.1) is 5.82 Å². The van der Waals surface area contributed by atoms with Crippen molar-refractivity contribution in [3.63, 3.8) is 0 Å². The van der Waals surface area contributed by atoms with Gasteiger partial charge in [0, 0.05) is 44.6 Å². The Labute approximate surface area is 261 Å². The first-order valence-corrected chi connectivity index (χ1v) is 16.3. The Balaban J connectivity index is 1.30. The number of aromatic nitrogens is 3. The first-order chi connectivity index (χ1) is 21.6. The molecule has 236 valence electrons. The highest BCUT2D eigenvalue weighted by atomic mass is 32.2. The number of aromatic hydroxyl groups is 1. The van der Waals surface area contributed by atoms with E-state index in [0.29, 0.717) is 24.2 Å². The van der Waals surface area contributed by atoms with Gasteiger partial charge in [-0.15, -0.1) is 0 Å². The molecule has 4 aromatic rings. The second-order valence-electron chi connectivity index (χ2n) is 11.7. The second kappa shape index (κ2) is 12.3. The first kappa shape index (κ1) is 30.8. The third kappa shape index (κ3) is 5.81. The number of phenolic OH excluding ortho intramolecular Hbond substituents is 1. The van der Waals surface area contributed by atoms with E-state index in [-0.39, 0.29) is 35.6 Å². The number of phenols is 1. The van der Waals surface area contributed by atoms with Gasteiger partial charge in [0.25, 0.3) is 10.0 Å². The number of likely N-dealkylation sites (N-methyl/N-ethyl adjacent to an activating group) is 1. The number of aliphatic hydroxyl groups excluding tert-OH is 1. The summed E-state index contributed by atoms with van der Waals surface area (Å²) >= 11 is 0. The van der Waals surface area contributed by atoms with E-state index < -0.39 is 20.6 Å². The number of hydrogen-bond acceptors (Lipinski definition) is 9. The molecule has 3 heterocycles. The van der Waals surface area contributed by atoms with Gasteiger partial charge in [-0.2, -0.15) is 9.19 Å². The number of ether oxygens (including phenoxy) is 1. The largest absolute Gasteiger partial charge is 0.507 e. The number of hydrogen-bond donors (Lipinski definition) is 2. The topological polar surface area (TPSA) is 121 Å². The monoisotopic (exact) mass is 633 g/mol. The maximum absolute atomic E-state index is 14.5. The number of pyridine rings is 1. The van der Waals surface area contributed by atoms with Crippen LogP contribution in [-0.2, 0) is 10.0 Å². The van der Waals surface area contributed by atoms with E-state index in [1.54, 1.807) is 19.1 Å². The summed E-state index contributed by atoms with van der Waals surface area (Å²) in [5.41, 5.74) is 3.00. The molecule has 1 saturated heterocycles. The van der Waals surface area contributed by atoms with E-state index >= 15 is 0 Å². The standard InChI is InChI=1S/C33H36FN5O5S/c1-33(45(42,43)39-29-22-35-27(18-25(29)21-36-39)32-26(34)7-3-8-30(32)41)11-4-6-24(20-33)23-9-10-28(31(19-23)44-17-5-16-40)38-14-12-37(2)13-15-38/h3-4,6-11,18-19,21-22,40-41H,5,12-17,20H2,1-2H3. The van der Waals surface area contributed by atoms with E-state index in [1.807, 2.05) is 24.3 Å². The molecule has 1 aliphatic heterocycles. The van der Waals surface area contributed by atoms with Crippen LogP contribution in [0.15, 0.2) is 73.1 Å². The van der Waals surface area contributed by atoms with Crippen LogP contribution in [0.2, 0.25) is 0 Å². The van der Waals surface area contributed by atoms with Gasteiger partial charge in [-0.1, -0.05) is 30.4 Å². The first-order valence-electron chi connectivity index (χ1n) is 14.9. The molecule has 0 amide bonds. The minimum atomic E-state index is -4.10. The Morgan fingerprint density at radius 2 is 1.89 bits per heavy atom. The Kier molecular flexibility index (Phi) is 8.38. The number of halogens is 1. The van der Waals surface area contributed by atoms with Gasteiger partial charge >= 0.3 is 0 Å². The number of nitrogens with zero attached hydrogens (tertiary/aromatic N) is 5. The van der Waals surface area contributed by atoms with Crippen LogP contribution in [0.1, 0.15) is 25.3 Å². The Hall–Kier alpha value is -4.26. The lowest BCUT2D eigenvalue weighted by molar-refractivity contribution is 0.233. The summed E-state index contributed by atoms with van der Waals surface area (Å²) in [5.74, 6) is -0.203. The van der Waals surface area contributed by atoms with Crippen molar-refractivity contribution in [1.82, 2.24) is 19.1 Å². The Morgan fingerprint density at radius 3 is 2.64 bits per heavy atom. The number of aliphatic hydroxyl groups is 1. The van der Waals surface area contributed by atoms with E-state index in [0.717, 1.165) is 47.1 Å². The van der Waals surface area contributed by atoms with Gasteiger partial charge in [-0.05, 0) is 61.9 Å². The average Bonchev–Trinajstić information content (AvgIpc) is 3.46. The minimum absolute atomic E-state index is 0.0280. The third-order valence-electron chi connectivity index (χ3n) is 8.51. The van der Waals surface area contributed by atoms with E-state index in [1.165, 1.54) is 36.7 Å². The minimum Gasteiger partial charge on any atom is -0.507 e. The molecule has 2 N–H and O–H groups in total. The predicted octanol–water partition coefficient (Wildman–Crippen LogP) is 4.44. The summed E-state index contributed by atoms with van der Waals surface area (Å²) in [6, 6.07) is 11.5. The molecule has 6 rings (SSSR count). The van der Waals surface area contributed by atoms with Crippen molar-refractivity contribution < 1.29 is 27.8 Å². The van der Waals surface area contributed by atoms with Gasteiger partial charge < -0.3 is 24.7 Å². The molecule has 10 nitrogen and oxygen atoms in total. The quantitative estimate of drug-likeness (QED) is 0.258. The fourth-order valence-electron chi connectivity index (χ4n) is 5.82. The van der Waals surface area contributed by atoms with Gasteiger partial charge in [0.1, 0.15) is 27.6 Å². The number of fused-ring (bicyclic) bond motifs is 1. The van der Waals surface area contributed by atoms with Gasteiger partial charge in [0.05, 0.1) is 35.9 Å². The Morgan fingerprint density at radius 1 is 1.09 bits per heavy atom. The molecule has 1 atom stereocenters. The SMILES string of the molecule is CN1CCN(c2ccc(C3=CC=CC(C)(S(=O)(=O)n4ncc5cc(-c6c(O)cccc6F)ncc54)C3)cc2OCCCO)CC1. The lowest BCUT2D eigenvalue weighted by Crippen LogP contribution is -2.44. The van der Waals surface area contributed by atoms with E-state index in [9.17, 15) is 23.0 Å². The zero-order valence-electron chi connectivity index (χ0n) is 25.2. The Bertz CT molecular complexity index is 1880.